The topological polar surface area (TPSA) is 45.7 Å². The van der Waals surface area contributed by atoms with Crippen molar-refractivity contribution in [2.24, 2.45) is 5.92 Å². The SMILES string of the molecule is O=C1CCCN1CC1CCC2(CN(Cc3ccncc3)C2)OC1. The minimum Gasteiger partial charge on any atom is -0.372 e. The molecule has 0 radical (unpaired) electrons. The summed E-state index contributed by atoms with van der Waals surface area (Å²) < 4.78 is 6.24. The van der Waals surface area contributed by atoms with Crippen LogP contribution in [0.2, 0.25) is 0 Å². The number of hydrogen-bond acceptors (Lipinski definition) is 4. The lowest BCUT2D eigenvalue weighted by molar-refractivity contribution is -0.183. The molecule has 3 aliphatic rings. The van der Waals surface area contributed by atoms with Gasteiger partial charge in [0.05, 0.1) is 12.2 Å². The molecule has 1 spiro atoms. The highest BCUT2D eigenvalue weighted by atomic mass is 16.5. The number of hydrogen-bond donors (Lipinski definition) is 0. The van der Waals surface area contributed by atoms with Gasteiger partial charge < -0.3 is 9.64 Å². The minimum atomic E-state index is 0.0819. The van der Waals surface area contributed by atoms with Gasteiger partial charge in [-0.25, -0.2) is 0 Å². The number of rotatable bonds is 4. The van der Waals surface area contributed by atoms with Crippen LogP contribution in [0.5, 0.6) is 0 Å². The van der Waals surface area contributed by atoms with E-state index in [0.717, 1.165) is 58.6 Å². The van der Waals surface area contributed by atoms with Gasteiger partial charge in [-0.3, -0.25) is 14.7 Å². The molecule has 1 unspecified atom stereocenters. The summed E-state index contributed by atoms with van der Waals surface area (Å²) in [7, 11) is 0. The van der Waals surface area contributed by atoms with Gasteiger partial charge >= 0.3 is 0 Å². The average molecular weight is 315 g/mol. The second kappa shape index (κ2) is 6.21. The molecule has 3 aliphatic heterocycles. The van der Waals surface area contributed by atoms with Crippen LogP contribution in [0.15, 0.2) is 24.5 Å². The van der Waals surface area contributed by atoms with Crippen molar-refractivity contribution >= 4 is 5.91 Å². The van der Waals surface area contributed by atoms with Crippen LogP contribution in [-0.4, -0.2) is 59.1 Å². The molecule has 0 N–H and O–H groups in total. The van der Waals surface area contributed by atoms with E-state index in [-0.39, 0.29) is 5.60 Å². The molecule has 1 atom stereocenters. The highest BCUT2D eigenvalue weighted by molar-refractivity contribution is 5.78. The molecule has 0 bridgehead atoms. The van der Waals surface area contributed by atoms with Gasteiger partial charge in [-0.15, -0.1) is 0 Å². The van der Waals surface area contributed by atoms with E-state index in [4.69, 9.17) is 4.74 Å². The van der Waals surface area contributed by atoms with Crippen molar-refractivity contribution in [3.8, 4) is 0 Å². The van der Waals surface area contributed by atoms with Crippen LogP contribution in [0, 0.1) is 5.92 Å². The Morgan fingerprint density at radius 1 is 1.30 bits per heavy atom. The van der Waals surface area contributed by atoms with Gasteiger partial charge in [0.2, 0.25) is 5.91 Å². The van der Waals surface area contributed by atoms with Crippen molar-refractivity contribution in [1.82, 2.24) is 14.8 Å². The summed E-state index contributed by atoms with van der Waals surface area (Å²) in [4.78, 5) is 20.3. The maximum atomic E-state index is 11.7. The Morgan fingerprint density at radius 3 is 2.78 bits per heavy atom. The quantitative estimate of drug-likeness (QED) is 0.848. The lowest BCUT2D eigenvalue weighted by Crippen LogP contribution is -2.64. The first-order valence-electron chi connectivity index (χ1n) is 8.75. The van der Waals surface area contributed by atoms with Crippen LogP contribution in [0.1, 0.15) is 31.2 Å². The summed E-state index contributed by atoms with van der Waals surface area (Å²) in [5.74, 6) is 0.856. The molecular formula is C18H25N3O2. The summed E-state index contributed by atoms with van der Waals surface area (Å²) in [6.45, 7) is 5.71. The lowest BCUT2D eigenvalue weighted by atomic mass is 9.82. The molecule has 0 aromatic carbocycles. The van der Waals surface area contributed by atoms with E-state index in [9.17, 15) is 4.79 Å². The molecule has 23 heavy (non-hydrogen) atoms. The normalized spacial score (nSPS) is 27.4. The Hall–Kier alpha value is -1.46. The molecule has 5 nitrogen and oxygen atoms in total. The summed E-state index contributed by atoms with van der Waals surface area (Å²) >= 11 is 0. The van der Waals surface area contributed by atoms with Gasteiger partial charge in [-0.05, 0) is 37.0 Å². The number of likely N-dealkylation sites (tertiary alicyclic amines) is 2. The smallest absolute Gasteiger partial charge is 0.222 e. The summed E-state index contributed by atoms with van der Waals surface area (Å²) in [6, 6.07) is 4.16. The van der Waals surface area contributed by atoms with Gasteiger partial charge in [-0.2, -0.15) is 0 Å². The first-order valence-corrected chi connectivity index (χ1v) is 8.75. The molecule has 3 fully saturated rings. The average Bonchev–Trinajstić information content (AvgIpc) is 2.94. The zero-order valence-electron chi connectivity index (χ0n) is 13.6. The Bertz CT molecular complexity index is 547. The fourth-order valence-electron chi connectivity index (χ4n) is 4.15. The predicted molar refractivity (Wildman–Crippen MR) is 86.7 cm³/mol. The maximum absolute atomic E-state index is 11.7. The van der Waals surface area contributed by atoms with Crippen molar-refractivity contribution in [3.63, 3.8) is 0 Å². The molecular weight excluding hydrogens is 290 g/mol. The number of nitrogens with zero attached hydrogens (tertiary/aromatic N) is 3. The largest absolute Gasteiger partial charge is 0.372 e. The molecule has 5 heteroatoms. The van der Waals surface area contributed by atoms with E-state index >= 15 is 0 Å². The first-order chi connectivity index (χ1) is 11.2. The first kappa shape index (κ1) is 15.1. The van der Waals surface area contributed by atoms with Gasteiger partial charge in [0.1, 0.15) is 0 Å². The minimum absolute atomic E-state index is 0.0819. The van der Waals surface area contributed by atoms with E-state index in [1.165, 1.54) is 12.0 Å². The standard InChI is InChI=1S/C18H25N3O2/c22-17-2-1-9-21(17)11-16-3-6-18(23-12-16)13-20(14-18)10-15-4-7-19-8-5-15/h4-5,7-8,16H,1-3,6,9-14H2. The highest BCUT2D eigenvalue weighted by Crippen LogP contribution is 2.37. The van der Waals surface area contributed by atoms with Crippen molar-refractivity contribution in [3.05, 3.63) is 30.1 Å². The number of carbonyl (C=O) groups excluding carboxylic acids is 1. The van der Waals surface area contributed by atoms with Crippen LogP contribution in [0.4, 0.5) is 0 Å². The fourth-order valence-corrected chi connectivity index (χ4v) is 4.15. The number of ether oxygens (including phenoxy) is 1. The number of carbonyl (C=O) groups is 1. The van der Waals surface area contributed by atoms with Crippen molar-refractivity contribution < 1.29 is 9.53 Å². The van der Waals surface area contributed by atoms with Crippen molar-refractivity contribution in [2.45, 2.75) is 37.8 Å². The van der Waals surface area contributed by atoms with Crippen LogP contribution >= 0.6 is 0 Å². The van der Waals surface area contributed by atoms with E-state index in [1.54, 1.807) is 0 Å². The van der Waals surface area contributed by atoms with Crippen LogP contribution in [0.25, 0.3) is 0 Å². The third kappa shape index (κ3) is 3.26. The molecule has 4 rings (SSSR count). The zero-order valence-corrected chi connectivity index (χ0v) is 13.6. The molecule has 1 aromatic heterocycles. The summed E-state index contributed by atoms with van der Waals surface area (Å²) in [5, 5.41) is 0. The monoisotopic (exact) mass is 315 g/mol. The van der Waals surface area contributed by atoms with Gasteiger partial charge in [0, 0.05) is 57.5 Å². The van der Waals surface area contributed by atoms with E-state index in [2.05, 4.69) is 22.0 Å². The van der Waals surface area contributed by atoms with Gasteiger partial charge in [0.25, 0.3) is 0 Å². The van der Waals surface area contributed by atoms with Gasteiger partial charge in [0.15, 0.2) is 0 Å². The Morgan fingerprint density at radius 2 is 2.13 bits per heavy atom. The van der Waals surface area contributed by atoms with Crippen LogP contribution < -0.4 is 0 Å². The molecule has 1 aromatic rings. The zero-order chi connectivity index (χ0) is 15.7. The van der Waals surface area contributed by atoms with Crippen LogP contribution in [0.3, 0.4) is 0 Å². The molecule has 124 valence electrons. The predicted octanol–water partition coefficient (Wildman–Crippen LogP) is 1.68. The summed E-state index contributed by atoms with van der Waals surface area (Å²) in [5.41, 5.74) is 1.40. The third-order valence-corrected chi connectivity index (χ3v) is 5.46. The number of pyridine rings is 1. The maximum Gasteiger partial charge on any atom is 0.222 e. The molecule has 4 heterocycles. The molecule has 0 aliphatic carbocycles. The van der Waals surface area contributed by atoms with Crippen molar-refractivity contribution in [2.75, 3.05) is 32.8 Å². The Kier molecular flexibility index (Phi) is 4.07. The Balaban J connectivity index is 1.22. The molecule has 3 saturated heterocycles. The molecule has 1 amide bonds. The second-order valence-corrected chi connectivity index (χ2v) is 7.34. The lowest BCUT2D eigenvalue weighted by Gasteiger charge is -2.53. The van der Waals surface area contributed by atoms with E-state index in [1.807, 2.05) is 17.3 Å². The Labute approximate surface area is 137 Å². The second-order valence-electron chi connectivity index (χ2n) is 7.34. The van der Waals surface area contributed by atoms with E-state index in [0.29, 0.717) is 11.8 Å². The molecule has 0 saturated carbocycles. The number of aromatic nitrogens is 1. The van der Waals surface area contributed by atoms with Crippen LogP contribution in [-0.2, 0) is 16.1 Å². The van der Waals surface area contributed by atoms with Crippen molar-refractivity contribution in [1.29, 1.82) is 0 Å². The highest BCUT2D eigenvalue weighted by Gasteiger charge is 2.46. The number of amides is 1. The third-order valence-electron chi connectivity index (χ3n) is 5.46. The fraction of sp³-hybridized carbons (Fsp3) is 0.667. The summed E-state index contributed by atoms with van der Waals surface area (Å²) in [6.07, 6.45) is 7.79. The van der Waals surface area contributed by atoms with Gasteiger partial charge in [-0.1, -0.05) is 0 Å². The van der Waals surface area contributed by atoms with E-state index < -0.39 is 0 Å².